The molecule has 1 spiro atoms. The summed E-state index contributed by atoms with van der Waals surface area (Å²) < 4.78 is 5.85. The summed E-state index contributed by atoms with van der Waals surface area (Å²) in [6, 6.07) is 6.45. The molecule has 0 bridgehead atoms. The third kappa shape index (κ3) is 1.44. The molecule has 1 aromatic rings. The molecule has 0 aromatic heterocycles. The van der Waals surface area contributed by atoms with E-state index in [1.54, 1.807) is 0 Å². The maximum absolute atomic E-state index is 5.85. The highest BCUT2D eigenvalue weighted by atomic mass is 16.5. The molecule has 2 aliphatic rings. The molecule has 0 saturated heterocycles. The third-order valence-electron chi connectivity index (χ3n) is 4.17. The summed E-state index contributed by atoms with van der Waals surface area (Å²) in [5.41, 5.74) is 8.70. The normalized spacial score (nSPS) is 21.8. The topological polar surface area (TPSA) is 35.2 Å². The molecule has 1 saturated carbocycles. The van der Waals surface area contributed by atoms with Crippen LogP contribution >= 0.6 is 0 Å². The molecule has 1 aliphatic carbocycles. The Labute approximate surface area is 96.8 Å². The predicted molar refractivity (Wildman–Crippen MR) is 64.6 cm³/mol. The fraction of sp³-hybridized carbons (Fsp3) is 0.571. The highest BCUT2D eigenvalue weighted by Gasteiger charge is 2.41. The molecule has 3 rings (SSSR count). The van der Waals surface area contributed by atoms with Gasteiger partial charge in [-0.15, -0.1) is 0 Å². The summed E-state index contributed by atoms with van der Waals surface area (Å²) >= 11 is 0. The second-order valence-electron chi connectivity index (χ2n) is 5.16. The van der Waals surface area contributed by atoms with Gasteiger partial charge in [0.05, 0.1) is 6.61 Å². The average molecular weight is 217 g/mol. The Morgan fingerprint density at radius 1 is 1.19 bits per heavy atom. The van der Waals surface area contributed by atoms with Crippen LogP contribution in [0.4, 0.5) is 0 Å². The van der Waals surface area contributed by atoms with Crippen LogP contribution in [0.15, 0.2) is 18.2 Å². The van der Waals surface area contributed by atoms with Crippen molar-refractivity contribution in [1.82, 2.24) is 0 Å². The van der Waals surface area contributed by atoms with Crippen LogP contribution in [0.2, 0.25) is 0 Å². The number of ether oxygens (including phenoxy) is 1. The van der Waals surface area contributed by atoms with Crippen LogP contribution in [0.1, 0.15) is 43.2 Å². The number of rotatable bonds is 1. The minimum atomic E-state index is 0.318. The van der Waals surface area contributed by atoms with Crippen molar-refractivity contribution in [2.24, 2.45) is 5.73 Å². The number of nitrogens with two attached hydrogens (primary N) is 1. The van der Waals surface area contributed by atoms with Gasteiger partial charge in [-0.1, -0.05) is 31.4 Å². The highest BCUT2D eigenvalue weighted by molar-refractivity contribution is 5.46. The average Bonchev–Trinajstić information content (AvgIpc) is 2.69. The summed E-state index contributed by atoms with van der Waals surface area (Å²) in [5.74, 6) is 1.10. The molecule has 1 aromatic carbocycles. The standard InChI is InChI=1S/C14H19NO/c15-9-11-4-5-13-12(8-11)14(10-16-13)6-2-1-3-7-14/h4-5,8H,1-3,6-7,9-10,15H2. The maximum atomic E-state index is 5.85. The van der Waals surface area contributed by atoms with E-state index in [0.29, 0.717) is 12.0 Å². The lowest BCUT2D eigenvalue weighted by atomic mass is 9.70. The Hall–Kier alpha value is -1.02. The van der Waals surface area contributed by atoms with Crippen molar-refractivity contribution < 1.29 is 4.74 Å². The van der Waals surface area contributed by atoms with Crippen LogP contribution in [-0.4, -0.2) is 6.61 Å². The van der Waals surface area contributed by atoms with Crippen LogP contribution < -0.4 is 10.5 Å². The zero-order valence-electron chi connectivity index (χ0n) is 9.67. The van der Waals surface area contributed by atoms with Crippen molar-refractivity contribution in [3.63, 3.8) is 0 Å². The molecule has 0 amide bonds. The Kier molecular flexibility index (Phi) is 2.40. The quantitative estimate of drug-likeness (QED) is 0.785. The fourth-order valence-electron chi connectivity index (χ4n) is 3.18. The van der Waals surface area contributed by atoms with Gasteiger partial charge in [-0.3, -0.25) is 0 Å². The van der Waals surface area contributed by atoms with Crippen molar-refractivity contribution in [2.75, 3.05) is 6.61 Å². The molecule has 2 heteroatoms. The fourth-order valence-corrected chi connectivity index (χ4v) is 3.18. The van der Waals surface area contributed by atoms with Crippen LogP contribution in [0, 0.1) is 0 Å². The van der Waals surface area contributed by atoms with Gasteiger partial charge < -0.3 is 10.5 Å². The first-order valence-corrected chi connectivity index (χ1v) is 6.30. The first kappa shape index (κ1) is 10.2. The van der Waals surface area contributed by atoms with E-state index in [1.165, 1.54) is 43.2 Å². The van der Waals surface area contributed by atoms with Crippen molar-refractivity contribution in [3.8, 4) is 5.75 Å². The Balaban J connectivity index is 2.02. The number of hydrogen-bond acceptors (Lipinski definition) is 2. The SMILES string of the molecule is NCc1ccc2c(c1)C1(CCCCC1)CO2. The minimum absolute atomic E-state index is 0.318. The molecule has 1 heterocycles. The van der Waals surface area contributed by atoms with Gasteiger partial charge in [-0.2, -0.15) is 0 Å². The summed E-state index contributed by atoms with van der Waals surface area (Å²) in [7, 11) is 0. The van der Waals surface area contributed by atoms with E-state index in [9.17, 15) is 0 Å². The molecule has 16 heavy (non-hydrogen) atoms. The van der Waals surface area contributed by atoms with Crippen molar-refractivity contribution in [3.05, 3.63) is 29.3 Å². The van der Waals surface area contributed by atoms with Gasteiger partial charge in [0.15, 0.2) is 0 Å². The van der Waals surface area contributed by atoms with Gasteiger partial charge in [0.1, 0.15) is 5.75 Å². The lowest BCUT2D eigenvalue weighted by Crippen LogP contribution is -2.30. The lowest BCUT2D eigenvalue weighted by Gasteiger charge is -2.32. The van der Waals surface area contributed by atoms with E-state index >= 15 is 0 Å². The first-order chi connectivity index (χ1) is 7.84. The second kappa shape index (κ2) is 3.77. The van der Waals surface area contributed by atoms with E-state index in [2.05, 4.69) is 18.2 Å². The molecule has 1 fully saturated rings. The second-order valence-corrected chi connectivity index (χ2v) is 5.16. The molecular weight excluding hydrogens is 198 g/mol. The summed E-state index contributed by atoms with van der Waals surface area (Å²) in [5, 5.41) is 0. The molecule has 0 radical (unpaired) electrons. The van der Waals surface area contributed by atoms with E-state index in [1.807, 2.05) is 0 Å². The number of hydrogen-bond donors (Lipinski definition) is 1. The number of benzene rings is 1. The van der Waals surface area contributed by atoms with Crippen molar-refractivity contribution in [2.45, 2.75) is 44.1 Å². The van der Waals surface area contributed by atoms with E-state index < -0.39 is 0 Å². The zero-order chi connectivity index (χ0) is 11.0. The van der Waals surface area contributed by atoms with Gasteiger partial charge in [0.2, 0.25) is 0 Å². The highest BCUT2D eigenvalue weighted by Crippen LogP contribution is 2.47. The first-order valence-electron chi connectivity index (χ1n) is 6.30. The Morgan fingerprint density at radius 3 is 2.75 bits per heavy atom. The van der Waals surface area contributed by atoms with E-state index in [-0.39, 0.29) is 0 Å². The molecular formula is C14H19NO. The zero-order valence-corrected chi connectivity index (χ0v) is 9.67. The van der Waals surface area contributed by atoms with Gasteiger partial charge in [-0.05, 0) is 24.5 Å². The smallest absolute Gasteiger partial charge is 0.123 e. The van der Waals surface area contributed by atoms with Gasteiger partial charge in [-0.25, -0.2) is 0 Å². The maximum Gasteiger partial charge on any atom is 0.123 e. The molecule has 2 N–H and O–H groups in total. The summed E-state index contributed by atoms with van der Waals surface area (Å²) in [6.45, 7) is 1.51. The minimum Gasteiger partial charge on any atom is -0.492 e. The lowest BCUT2D eigenvalue weighted by molar-refractivity contribution is 0.212. The van der Waals surface area contributed by atoms with Gasteiger partial charge in [0.25, 0.3) is 0 Å². The van der Waals surface area contributed by atoms with Crippen LogP contribution in [-0.2, 0) is 12.0 Å². The van der Waals surface area contributed by atoms with Crippen LogP contribution in [0.5, 0.6) is 5.75 Å². The molecule has 0 unspecified atom stereocenters. The van der Waals surface area contributed by atoms with Gasteiger partial charge in [0, 0.05) is 17.5 Å². The predicted octanol–water partition coefficient (Wildman–Crippen LogP) is 2.74. The van der Waals surface area contributed by atoms with Crippen LogP contribution in [0.3, 0.4) is 0 Å². The third-order valence-corrected chi connectivity index (χ3v) is 4.17. The summed E-state index contributed by atoms with van der Waals surface area (Å²) in [6.07, 6.45) is 6.64. The molecule has 86 valence electrons. The Bertz CT molecular complexity index is 388. The molecule has 2 nitrogen and oxygen atoms in total. The molecule has 0 atom stereocenters. The van der Waals surface area contributed by atoms with Crippen molar-refractivity contribution >= 4 is 0 Å². The largest absolute Gasteiger partial charge is 0.492 e. The van der Waals surface area contributed by atoms with E-state index in [0.717, 1.165) is 12.4 Å². The van der Waals surface area contributed by atoms with E-state index in [4.69, 9.17) is 10.5 Å². The van der Waals surface area contributed by atoms with Crippen LogP contribution in [0.25, 0.3) is 0 Å². The summed E-state index contributed by atoms with van der Waals surface area (Å²) in [4.78, 5) is 0. The Morgan fingerprint density at radius 2 is 2.00 bits per heavy atom. The van der Waals surface area contributed by atoms with Gasteiger partial charge >= 0.3 is 0 Å². The molecule has 1 aliphatic heterocycles. The monoisotopic (exact) mass is 217 g/mol. The van der Waals surface area contributed by atoms with Crippen molar-refractivity contribution in [1.29, 1.82) is 0 Å². The number of fused-ring (bicyclic) bond motifs is 2.